The van der Waals surface area contributed by atoms with Gasteiger partial charge in [-0.25, -0.2) is 4.98 Å². The summed E-state index contributed by atoms with van der Waals surface area (Å²) in [6.07, 6.45) is 2.24. The molecule has 2 N–H and O–H groups in total. The Labute approximate surface area is 122 Å². The molecule has 1 aromatic heterocycles. The van der Waals surface area contributed by atoms with E-state index in [0.717, 1.165) is 22.6 Å². The zero-order chi connectivity index (χ0) is 14.7. The van der Waals surface area contributed by atoms with Gasteiger partial charge in [0, 0.05) is 29.8 Å². The van der Waals surface area contributed by atoms with Crippen LogP contribution in [0, 0.1) is 0 Å². The van der Waals surface area contributed by atoms with E-state index in [0.29, 0.717) is 23.7 Å². The van der Waals surface area contributed by atoms with Crippen molar-refractivity contribution in [3.05, 3.63) is 65.9 Å². The van der Waals surface area contributed by atoms with Crippen molar-refractivity contribution in [3.8, 4) is 11.6 Å². The molecule has 0 saturated carbocycles. The van der Waals surface area contributed by atoms with Gasteiger partial charge < -0.3 is 10.5 Å². The van der Waals surface area contributed by atoms with Crippen LogP contribution in [0.4, 0.5) is 0 Å². The van der Waals surface area contributed by atoms with E-state index in [4.69, 9.17) is 10.5 Å². The molecule has 0 aliphatic heterocycles. The molecule has 0 amide bonds. The van der Waals surface area contributed by atoms with E-state index >= 15 is 0 Å². The van der Waals surface area contributed by atoms with Crippen molar-refractivity contribution in [2.45, 2.75) is 6.54 Å². The molecule has 104 valence electrons. The maximum Gasteiger partial charge on any atom is 0.219 e. The number of fused-ring (bicyclic) bond motifs is 1. The molecule has 0 atom stereocenters. The molecule has 0 unspecified atom stereocenters. The minimum atomic E-state index is 0.450. The summed E-state index contributed by atoms with van der Waals surface area (Å²) in [7, 11) is 0. The highest BCUT2D eigenvalue weighted by atomic mass is 16.5. The first-order valence-corrected chi connectivity index (χ1v) is 6.61. The van der Waals surface area contributed by atoms with Crippen LogP contribution < -0.4 is 10.5 Å². The van der Waals surface area contributed by atoms with Crippen LogP contribution in [-0.4, -0.2) is 11.3 Å². The summed E-state index contributed by atoms with van der Waals surface area (Å²) < 4.78 is 5.82. The lowest BCUT2D eigenvalue weighted by atomic mass is 10.0. The molecule has 4 nitrogen and oxygen atoms in total. The van der Waals surface area contributed by atoms with Crippen molar-refractivity contribution in [1.82, 2.24) is 4.98 Å². The molecule has 21 heavy (non-hydrogen) atoms. The summed E-state index contributed by atoms with van der Waals surface area (Å²) in [6.45, 7) is 0.479. The highest BCUT2D eigenvalue weighted by molar-refractivity contribution is 5.91. The largest absolute Gasteiger partial charge is 0.438 e. The lowest BCUT2D eigenvalue weighted by Gasteiger charge is -2.10. The molecule has 0 radical (unpaired) electrons. The monoisotopic (exact) mass is 278 g/mol. The number of nitrogens with two attached hydrogens (primary N) is 1. The molecule has 3 aromatic rings. The number of ether oxygens (including phenoxy) is 1. The number of carbonyl (C=O) groups is 1. The molecule has 0 aliphatic rings. The highest BCUT2D eigenvalue weighted by Crippen LogP contribution is 2.30. The number of carbonyl (C=O) groups excluding carboxylic acids is 1. The summed E-state index contributed by atoms with van der Waals surface area (Å²) >= 11 is 0. The van der Waals surface area contributed by atoms with Crippen LogP contribution >= 0.6 is 0 Å². The third-order valence-electron chi connectivity index (χ3n) is 3.30. The molecular formula is C17H14N2O2. The number of aromatic nitrogens is 1. The fraction of sp³-hybridized carbons (Fsp3) is 0.0588. The van der Waals surface area contributed by atoms with Crippen molar-refractivity contribution in [1.29, 1.82) is 0 Å². The van der Waals surface area contributed by atoms with E-state index in [2.05, 4.69) is 4.98 Å². The average Bonchev–Trinajstić information content (AvgIpc) is 2.55. The maximum absolute atomic E-state index is 10.6. The minimum Gasteiger partial charge on any atom is -0.438 e. The fourth-order valence-electron chi connectivity index (χ4n) is 2.25. The predicted molar refractivity (Wildman–Crippen MR) is 81.5 cm³/mol. The third kappa shape index (κ3) is 2.61. The molecule has 0 aliphatic carbocycles. The van der Waals surface area contributed by atoms with Crippen molar-refractivity contribution in [3.63, 3.8) is 0 Å². The first-order valence-electron chi connectivity index (χ1n) is 6.61. The zero-order valence-corrected chi connectivity index (χ0v) is 11.3. The molecular weight excluding hydrogens is 264 g/mol. The van der Waals surface area contributed by atoms with Gasteiger partial charge in [0.05, 0.1) is 0 Å². The molecule has 3 rings (SSSR count). The summed E-state index contributed by atoms with van der Waals surface area (Å²) in [6, 6.07) is 15.1. The van der Waals surface area contributed by atoms with Gasteiger partial charge in [-0.3, -0.25) is 4.79 Å². The quantitative estimate of drug-likeness (QED) is 0.744. The number of aldehydes is 1. The van der Waals surface area contributed by atoms with Crippen LogP contribution in [0.15, 0.2) is 54.7 Å². The van der Waals surface area contributed by atoms with Crippen LogP contribution in [0.5, 0.6) is 11.6 Å². The maximum atomic E-state index is 10.6. The normalized spacial score (nSPS) is 10.5. The summed E-state index contributed by atoms with van der Waals surface area (Å²) in [5.74, 6) is 1.17. The number of rotatable bonds is 4. The summed E-state index contributed by atoms with van der Waals surface area (Å²) in [5.41, 5.74) is 7.35. The first-order chi connectivity index (χ1) is 10.3. The number of hydrogen-bond donors (Lipinski definition) is 1. The van der Waals surface area contributed by atoms with E-state index in [-0.39, 0.29) is 0 Å². The van der Waals surface area contributed by atoms with Gasteiger partial charge in [-0.2, -0.15) is 0 Å². The molecule has 0 saturated heterocycles. The lowest BCUT2D eigenvalue weighted by molar-refractivity contribution is 0.112. The molecule has 1 heterocycles. The van der Waals surface area contributed by atoms with Crippen molar-refractivity contribution in [2.24, 2.45) is 5.73 Å². The smallest absolute Gasteiger partial charge is 0.219 e. The molecule has 4 heteroatoms. The van der Waals surface area contributed by atoms with Gasteiger partial charge in [0.1, 0.15) is 5.75 Å². The second-order valence-electron chi connectivity index (χ2n) is 4.62. The van der Waals surface area contributed by atoms with Gasteiger partial charge in [-0.05, 0) is 23.1 Å². The van der Waals surface area contributed by atoms with Gasteiger partial charge in [0.25, 0.3) is 0 Å². The van der Waals surface area contributed by atoms with Gasteiger partial charge >= 0.3 is 0 Å². The highest BCUT2D eigenvalue weighted by Gasteiger charge is 2.06. The van der Waals surface area contributed by atoms with E-state index in [1.54, 1.807) is 12.1 Å². The number of hydrogen-bond acceptors (Lipinski definition) is 4. The Morgan fingerprint density at radius 3 is 2.57 bits per heavy atom. The van der Waals surface area contributed by atoms with Crippen molar-refractivity contribution < 1.29 is 9.53 Å². The van der Waals surface area contributed by atoms with Crippen LogP contribution in [0.2, 0.25) is 0 Å². The minimum absolute atomic E-state index is 0.450. The topological polar surface area (TPSA) is 65.2 Å². The number of nitrogens with zero attached hydrogens (tertiary/aromatic N) is 1. The molecule has 0 bridgehead atoms. The first kappa shape index (κ1) is 13.3. The Morgan fingerprint density at radius 2 is 1.86 bits per heavy atom. The Morgan fingerprint density at radius 1 is 1.05 bits per heavy atom. The van der Waals surface area contributed by atoms with Gasteiger partial charge in [-0.1, -0.05) is 30.3 Å². The third-order valence-corrected chi connectivity index (χ3v) is 3.30. The van der Waals surface area contributed by atoms with E-state index in [1.807, 2.05) is 36.4 Å². The second-order valence-corrected chi connectivity index (χ2v) is 4.62. The van der Waals surface area contributed by atoms with Gasteiger partial charge in [-0.15, -0.1) is 0 Å². The fourth-order valence-corrected chi connectivity index (χ4v) is 2.25. The Bertz CT molecular complexity index is 782. The number of benzene rings is 2. The Balaban J connectivity index is 2.02. The summed E-state index contributed by atoms with van der Waals surface area (Å²) in [5, 5.41) is 2.06. The molecule has 0 fully saturated rings. The molecule has 2 aromatic carbocycles. The summed E-state index contributed by atoms with van der Waals surface area (Å²) in [4.78, 5) is 14.7. The van der Waals surface area contributed by atoms with E-state index < -0.39 is 0 Å². The zero-order valence-electron chi connectivity index (χ0n) is 11.3. The molecule has 0 spiro atoms. The standard InChI is InChI=1S/C17H14N2O2/c18-9-13-3-1-5-15-14(13)4-2-6-16(15)21-17-8-7-12(11-20)10-19-17/h1-8,10-11H,9,18H2. The van der Waals surface area contributed by atoms with Crippen molar-refractivity contribution in [2.75, 3.05) is 0 Å². The van der Waals surface area contributed by atoms with Crippen LogP contribution in [0.25, 0.3) is 10.8 Å². The Hall–Kier alpha value is -2.72. The Kier molecular flexibility index (Phi) is 3.62. The van der Waals surface area contributed by atoms with E-state index in [9.17, 15) is 4.79 Å². The van der Waals surface area contributed by atoms with Crippen LogP contribution in [0.3, 0.4) is 0 Å². The average molecular weight is 278 g/mol. The lowest BCUT2D eigenvalue weighted by Crippen LogP contribution is -1.97. The van der Waals surface area contributed by atoms with Crippen LogP contribution in [-0.2, 0) is 6.54 Å². The van der Waals surface area contributed by atoms with Crippen molar-refractivity contribution >= 4 is 17.1 Å². The van der Waals surface area contributed by atoms with E-state index in [1.165, 1.54) is 6.20 Å². The predicted octanol–water partition coefficient (Wildman–Crippen LogP) is 3.30. The number of pyridine rings is 1. The van der Waals surface area contributed by atoms with Gasteiger partial charge in [0.2, 0.25) is 5.88 Å². The SMILES string of the molecule is NCc1cccc2c(Oc3ccc(C=O)cn3)cccc12. The van der Waals surface area contributed by atoms with Crippen LogP contribution in [0.1, 0.15) is 15.9 Å². The second kappa shape index (κ2) is 5.73. The van der Waals surface area contributed by atoms with Gasteiger partial charge in [0.15, 0.2) is 6.29 Å².